The number of carbonyl (C=O) groups is 6. The SMILES string of the molecule is CC.CCNC(=O)CNC(=O)C(Cc1ccccc1)NC(=O)CNC(=O)CNC(=O)CCCCCN1C(=O)C=CC1=C1CC1. The third kappa shape index (κ3) is 13.2. The third-order valence-electron chi connectivity index (χ3n) is 6.71. The van der Waals surface area contributed by atoms with Gasteiger partial charge in [0.25, 0.3) is 5.91 Å². The summed E-state index contributed by atoms with van der Waals surface area (Å²) in [6, 6.07) is 8.13. The maximum atomic E-state index is 12.7. The van der Waals surface area contributed by atoms with Crippen LogP contribution in [0.3, 0.4) is 0 Å². The summed E-state index contributed by atoms with van der Waals surface area (Å²) < 4.78 is 0. The van der Waals surface area contributed by atoms with Gasteiger partial charge in [-0.1, -0.05) is 50.6 Å². The van der Waals surface area contributed by atoms with Gasteiger partial charge in [0.15, 0.2) is 0 Å². The van der Waals surface area contributed by atoms with E-state index in [0.29, 0.717) is 19.5 Å². The van der Waals surface area contributed by atoms with Crippen molar-refractivity contribution in [2.24, 2.45) is 0 Å². The average molecular weight is 611 g/mol. The van der Waals surface area contributed by atoms with Crippen LogP contribution < -0.4 is 26.6 Å². The zero-order valence-electron chi connectivity index (χ0n) is 26.0. The second-order valence-corrected chi connectivity index (χ2v) is 10.2. The van der Waals surface area contributed by atoms with Gasteiger partial charge < -0.3 is 31.5 Å². The van der Waals surface area contributed by atoms with E-state index in [1.807, 2.05) is 50.3 Å². The molecule has 240 valence electrons. The molecule has 1 saturated carbocycles. The maximum Gasteiger partial charge on any atom is 0.251 e. The molecule has 12 heteroatoms. The van der Waals surface area contributed by atoms with E-state index in [4.69, 9.17) is 0 Å². The lowest BCUT2D eigenvalue weighted by molar-refractivity contribution is -0.131. The first-order valence-electron chi connectivity index (χ1n) is 15.4. The number of benzene rings is 1. The Bertz CT molecular complexity index is 1210. The van der Waals surface area contributed by atoms with Crippen molar-refractivity contribution in [3.05, 3.63) is 59.3 Å². The molecule has 1 aromatic carbocycles. The average Bonchev–Trinajstić information content (AvgIpc) is 3.81. The summed E-state index contributed by atoms with van der Waals surface area (Å²) in [6.07, 6.45) is 8.20. The summed E-state index contributed by atoms with van der Waals surface area (Å²) >= 11 is 0. The van der Waals surface area contributed by atoms with Gasteiger partial charge in [0.05, 0.1) is 19.6 Å². The molecule has 2 aliphatic rings. The minimum absolute atomic E-state index is 0.00765. The Morgan fingerprint density at radius 2 is 1.41 bits per heavy atom. The zero-order valence-corrected chi connectivity index (χ0v) is 26.0. The van der Waals surface area contributed by atoms with Crippen LogP contribution in [0.25, 0.3) is 0 Å². The largest absolute Gasteiger partial charge is 0.355 e. The molecular weight excluding hydrogens is 564 g/mol. The van der Waals surface area contributed by atoms with Gasteiger partial charge in [-0.25, -0.2) is 0 Å². The Labute approximate surface area is 259 Å². The first-order chi connectivity index (χ1) is 21.3. The van der Waals surface area contributed by atoms with E-state index >= 15 is 0 Å². The number of nitrogens with zero attached hydrogens (tertiary/aromatic N) is 1. The monoisotopic (exact) mass is 610 g/mol. The van der Waals surface area contributed by atoms with E-state index < -0.39 is 23.8 Å². The predicted molar refractivity (Wildman–Crippen MR) is 167 cm³/mol. The molecule has 1 fully saturated rings. The molecule has 3 rings (SSSR count). The van der Waals surface area contributed by atoms with E-state index in [1.165, 1.54) is 5.57 Å². The van der Waals surface area contributed by atoms with Crippen molar-refractivity contribution >= 4 is 35.4 Å². The first kappa shape index (κ1) is 35.7. The van der Waals surface area contributed by atoms with Crippen molar-refractivity contribution in [3.63, 3.8) is 0 Å². The van der Waals surface area contributed by atoms with Crippen LogP contribution in [0.2, 0.25) is 0 Å². The number of likely N-dealkylation sites (N-methyl/N-ethyl adjacent to an activating group) is 1. The molecule has 1 heterocycles. The fourth-order valence-electron chi connectivity index (χ4n) is 4.40. The van der Waals surface area contributed by atoms with Crippen LogP contribution in [0.1, 0.15) is 64.9 Å². The Hall–Kier alpha value is -4.48. The molecule has 0 spiro atoms. The van der Waals surface area contributed by atoms with Crippen molar-refractivity contribution in [2.75, 3.05) is 32.7 Å². The Kier molecular flexibility index (Phi) is 16.0. The Morgan fingerprint density at radius 3 is 2.09 bits per heavy atom. The molecule has 0 radical (unpaired) electrons. The number of allylic oxidation sites excluding steroid dienone is 2. The van der Waals surface area contributed by atoms with Gasteiger partial charge in [-0.15, -0.1) is 0 Å². The number of unbranched alkanes of at least 4 members (excludes halogenated alkanes) is 2. The fourth-order valence-corrected chi connectivity index (χ4v) is 4.40. The number of hydrogen-bond donors (Lipinski definition) is 5. The van der Waals surface area contributed by atoms with Crippen LogP contribution in [0.5, 0.6) is 0 Å². The van der Waals surface area contributed by atoms with Crippen LogP contribution in [0.15, 0.2) is 53.8 Å². The zero-order chi connectivity index (χ0) is 32.3. The smallest absolute Gasteiger partial charge is 0.251 e. The van der Waals surface area contributed by atoms with Crippen LogP contribution in [0, 0.1) is 0 Å². The molecule has 1 aliphatic carbocycles. The summed E-state index contributed by atoms with van der Waals surface area (Å²) in [5, 5.41) is 12.7. The summed E-state index contributed by atoms with van der Waals surface area (Å²) in [6.45, 7) is 5.93. The van der Waals surface area contributed by atoms with Crippen molar-refractivity contribution < 1.29 is 28.8 Å². The summed E-state index contributed by atoms with van der Waals surface area (Å²) in [5.41, 5.74) is 3.16. The van der Waals surface area contributed by atoms with E-state index in [0.717, 1.165) is 36.9 Å². The third-order valence-corrected chi connectivity index (χ3v) is 6.71. The van der Waals surface area contributed by atoms with Crippen LogP contribution in [0.4, 0.5) is 0 Å². The van der Waals surface area contributed by atoms with Crippen molar-refractivity contribution in [1.29, 1.82) is 0 Å². The highest BCUT2D eigenvalue weighted by molar-refractivity contribution is 5.94. The summed E-state index contributed by atoms with van der Waals surface area (Å²) in [4.78, 5) is 75.0. The molecule has 1 aliphatic heterocycles. The van der Waals surface area contributed by atoms with Gasteiger partial charge in [0.1, 0.15) is 6.04 Å². The maximum absolute atomic E-state index is 12.7. The van der Waals surface area contributed by atoms with Crippen molar-refractivity contribution in [2.45, 2.75) is 71.8 Å². The number of nitrogens with one attached hydrogen (secondary N) is 5. The minimum Gasteiger partial charge on any atom is -0.355 e. The lowest BCUT2D eigenvalue weighted by Crippen LogP contribution is -2.52. The van der Waals surface area contributed by atoms with Crippen LogP contribution >= 0.6 is 0 Å². The van der Waals surface area contributed by atoms with Gasteiger partial charge >= 0.3 is 0 Å². The fraction of sp³-hybridized carbons (Fsp3) is 0.500. The molecule has 6 amide bonds. The molecule has 1 atom stereocenters. The Balaban J connectivity index is 0.00000330. The quantitative estimate of drug-likeness (QED) is 0.167. The highest BCUT2D eigenvalue weighted by Crippen LogP contribution is 2.35. The molecule has 12 nitrogen and oxygen atoms in total. The summed E-state index contributed by atoms with van der Waals surface area (Å²) in [7, 11) is 0. The molecule has 0 bridgehead atoms. The number of rotatable bonds is 17. The molecular formula is C32H46N6O6. The molecule has 5 N–H and O–H groups in total. The topological polar surface area (TPSA) is 166 Å². The van der Waals surface area contributed by atoms with Gasteiger partial charge in [0, 0.05) is 37.7 Å². The molecule has 44 heavy (non-hydrogen) atoms. The predicted octanol–water partition coefficient (Wildman–Crippen LogP) is 1.23. The van der Waals surface area contributed by atoms with Gasteiger partial charge in [-0.05, 0) is 49.8 Å². The van der Waals surface area contributed by atoms with Gasteiger partial charge in [-0.2, -0.15) is 0 Å². The second kappa shape index (κ2) is 19.7. The van der Waals surface area contributed by atoms with Gasteiger partial charge in [-0.3, -0.25) is 28.8 Å². The molecule has 1 aromatic rings. The normalized spacial score (nSPS) is 13.8. The molecule has 0 aromatic heterocycles. The number of amides is 6. The van der Waals surface area contributed by atoms with E-state index in [1.54, 1.807) is 17.9 Å². The van der Waals surface area contributed by atoms with E-state index in [2.05, 4.69) is 26.6 Å². The highest BCUT2D eigenvalue weighted by Gasteiger charge is 2.27. The van der Waals surface area contributed by atoms with Gasteiger partial charge in [0.2, 0.25) is 29.5 Å². The van der Waals surface area contributed by atoms with Crippen molar-refractivity contribution in [1.82, 2.24) is 31.5 Å². The first-order valence-corrected chi connectivity index (χ1v) is 15.4. The minimum atomic E-state index is -0.956. The number of carbonyl (C=O) groups excluding carboxylic acids is 6. The second-order valence-electron chi connectivity index (χ2n) is 10.2. The van der Waals surface area contributed by atoms with Crippen LogP contribution in [-0.2, 0) is 35.2 Å². The Morgan fingerprint density at radius 1 is 0.773 bits per heavy atom. The molecule has 1 unspecified atom stereocenters. The standard InChI is InChI=1S/C30H40N6O6.C2H6/c1-2-31-26(38)19-34-30(42)23(17-21-9-5-3-6-10-21)35-28(40)20-33-27(39)18-32-25(37)11-7-4-8-16-36-24(22-12-13-22)14-15-29(36)41;1-2/h3,5-6,9-10,14-15,23H,2,4,7-8,11-13,16-20H2,1H3,(H,31,38)(H,32,37)(H,33,39)(H,34,42)(H,35,40);1-2H3. The van der Waals surface area contributed by atoms with E-state index in [-0.39, 0.29) is 50.2 Å². The van der Waals surface area contributed by atoms with E-state index in [9.17, 15) is 28.8 Å². The van der Waals surface area contributed by atoms with Crippen LogP contribution in [-0.4, -0.2) is 79.1 Å². The molecule has 0 saturated heterocycles. The highest BCUT2D eigenvalue weighted by atomic mass is 16.2. The van der Waals surface area contributed by atoms with Crippen molar-refractivity contribution in [3.8, 4) is 0 Å². The number of hydrogen-bond acceptors (Lipinski definition) is 6. The summed E-state index contributed by atoms with van der Waals surface area (Å²) in [5.74, 6) is -2.27. The lowest BCUT2D eigenvalue weighted by Gasteiger charge is -2.19. The lowest BCUT2D eigenvalue weighted by atomic mass is 10.1.